The molecule has 1 aliphatic carbocycles. The molecule has 1 saturated carbocycles. The number of rotatable bonds is 6. The molecule has 0 aromatic carbocycles. The monoisotopic (exact) mass is 280 g/mol. The van der Waals surface area contributed by atoms with Crippen molar-refractivity contribution in [2.24, 2.45) is 0 Å². The number of hydrogen-bond donors (Lipinski definition) is 0. The van der Waals surface area contributed by atoms with Crippen LogP contribution in [0.5, 0.6) is 0 Å². The first-order valence-corrected chi connectivity index (χ1v) is 7.74. The van der Waals surface area contributed by atoms with Gasteiger partial charge in [0.25, 0.3) is 0 Å². The van der Waals surface area contributed by atoms with Gasteiger partial charge < -0.3 is 9.26 Å². The molecule has 5 nitrogen and oxygen atoms in total. The van der Waals surface area contributed by atoms with Crippen LogP contribution in [0.4, 0.5) is 0 Å². The molecule has 2 atom stereocenters. The molecule has 0 amide bonds. The van der Waals surface area contributed by atoms with E-state index in [-0.39, 0.29) is 17.8 Å². The zero-order valence-electron chi connectivity index (χ0n) is 12.4. The largest absolute Gasteiger partial charge is 0.370 e. The zero-order chi connectivity index (χ0) is 14.4. The highest BCUT2D eigenvalue weighted by Gasteiger charge is 2.29. The summed E-state index contributed by atoms with van der Waals surface area (Å²) < 4.78 is 11.0. The third-order valence-corrected chi connectivity index (χ3v) is 3.77. The molecule has 0 saturated heterocycles. The zero-order valence-corrected chi connectivity index (χ0v) is 12.4. The quantitative estimate of drug-likeness (QED) is 0.745. The number of hydrogen-bond acceptors (Lipinski definition) is 5. The molecular weight excluding hydrogens is 256 g/mol. The van der Waals surface area contributed by atoms with Gasteiger partial charge in [0.1, 0.15) is 11.9 Å². The van der Waals surface area contributed by atoms with Gasteiger partial charge in [0.05, 0.1) is 5.92 Å². The normalized spacial score (nSPS) is 21.7. The number of Topliss-reactive ketones (excluding diaryl/α,β-unsaturated/α-hetero) is 1. The third kappa shape index (κ3) is 3.66. The van der Waals surface area contributed by atoms with Crippen LogP contribution in [0.15, 0.2) is 4.52 Å². The Balaban J connectivity index is 2.11. The fourth-order valence-corrected chi connectivity index (χ4v) is 2.69. The molecule has 2 rings (SSSR count). The summed E-state index contributed by atoms with van der Waals surface area (Å²) in [5, 5.41) is 4.03. The molecule has 20 heavy (non-hydrogen) atoms. The van der Waals surface area contributed by atoms with Crippen LogP contribution in [0.2, 0.25) is 0 Å². The number of carbonyl (C=O) groups is 1. The van der Waals surface area contributed by atoms with Crippen LogP contribution in [0.25, 0.3) is 0 Å². The second-order valence-corrected chi connectivity index (χ2v) is 5.34. The Hall–Kier alpha value is -1.23. The molecule has 1 fully saturated rings. The van der Waals surface area contributed by atoms with Crippen molar-refractivity contribution in [3.63, 3.8) is 0 Å². The Morgan fingerprint density at radius 3 is 2.95 bits per heavy atom. The van der Waals surface area contributed by atoms with E-state index in [2.05, 4.69) is 17.1 Å². The molecule has 1 aliphatic rings. The standard InChI is InChI=1S/C15H24N2O3/c1-3-8-13(19-4-2)14-16-15(20-17-14)11-9-6-5-7-10-12(11)18/h11,13H,3-10H2,1-2H3. The van der Waals surface area contributed by atoms with Crippen molar-refractivity contribution >= 4 is 5.78 Å². The van der Waals surface area contributed by atoms with Crippen LogP contribution in [0.3, 0.4) is 0 Å². The highest BCUT2D eigenvalue weighted by atomic mass is 16.5. The van der Waals surface area contributed by atoms with Gasteiger partial charge in [0.15, 0.2) is 0 Å². The number of nitrogens with zero attached hydrogens (tertiary/aromatic N) is 2. The summed E-state index contributed by atoms with van der Waals surface area (Å²) in [6.45, 7) is 4.68. The van der Waals surface area contributed by atoms with Crippen LogP contribution < -0.4 is 0 Å². The van der Waals surface area contributed by atoms with E-state index in [4.69, 9.17) is 9.26 Å². The van der Waals surface area contributed by atoms with E-state index in [1.165, 1.54) is 0 Å². The summed E-state index contributed by atoms with van der Waals surface area (Å²) in [5.41, 5.74) is 0. The Kier molecular flexibility index (Phi) is 5.71. The Labute approximate surface area is 120 Å². The van der Waals surface area contributed by atoms with Gasteiger partial charge in [0.2, 0.25) is 11.7 Å². The summed E-state index contributed by atoms with van der Waals surface area (Å²) >= 11 is 0. The average molecular weight is 280 g/mol. The lowest BCUT2D eigenvalue weighted by molar-refractivity contribution is -0.120. The molecule has 0 bridgehead atoms. The Bertz CT molecular complexity index is 425. The van der Waals surface area contributed by atoms with Crippen molar-refractivity contribution in [1.29, 1.82) is 0 Å². The predicted octanol–water partition coefficient (Wildman–Crippen LogP) is 3.56. The van der Waals surface area contributed by atoms with E-state index < -0.39 is 0 Å². The van der Waals surface area contributed by atoms with Gasteiger partial charge in [-0.3, -0.25) is 4.79 Å². The second kappa shape index (κ2) is 7.53. The fraction of sp³-hybridized carbons (Fsp3) is 0.800. The number of carbonyl (C=O) groups excluding carboxylic acids is 1. The Morgan fingerprint density at radius 1 is 1.35 bits per heavy atom. The minimum atomic E-state index is -0.206. The van der Waals surface area contributed by atoms with E-state index in [1.54, 1.807) is 0 Å². The van der Waals surface area contributed by atoms with Crippen molar-refractivity contribution in [1.82, 2.24) is 10.1 Å². The van der Waals surface area contributed by atoms with Crippen LogP contribution >= 0.6 is 0 Å². The van der Waals surface area contributed by atoms with Crippen molar-refractivity contribution in [2.45, 2.75) is 70.8 Å². The highest BCUT2D eigenvalue weighted by Crippen LogP contribution is 2.29. The molecule has 0 radical (unpaired) electrons. The van der Waals surface area contributed by atoms with Crippen molar-refractivity contribution in [2.75, 3.05) is 6.61 Å². The third-order valence-electron chi connectivity index (χ3n) is 3.77. The average Bonchev–Trinajstić information content (AvgIpc) is 2.82. The summed E-state index contributed by atoms with van der Waals surface area (Å²) in [6, 6.07) is 0. The van der Waals surface area contributed by atoms with E-state index in [0.717, 1.165) is 38.5 Å². The summed E-state index contributed by atoms with van der Waals surface area (Å²) in [6.07, 6.45) is 6.34. The van der Waals surface area contributed by atoms with Crippen molar-refractivity contribution in [3.8, 4) is 0 Å². The molecule has 2 unspecified atom stereocenters. The molecule has 0 spiro atoms. The predicted molar refractivity (Wildman–Crippen MR) is 74.4 cm³/mol. The van der Waals surface area contributed by atoms with Crippen molar-refractivity contribution in [3.05, 3.63) is 11.7 Å². The maximum Gasteiger partial charge on any atom is 0.237 e. The summed E-state index contributed by atoms with van der Waals surface area (Å²) in [5.74, 6) is 1.09. The van der Waals surface area contributed by atoms with Crippen LogP contribution in [0.1, 0.15) is 82.5 Å². The van der Waals surface area contributed by atoms with E-state index in [1.807, 2.05) is 6.92 Å². The van der Waals surface area contributed by atoms with Gasteiger partial charge in [0, 0.05) is 13.0 Å². The molecule has 5 heteroatoms. The van der Waals surface area contributed by atoms with Crippen LogP contribution in [-0.4, -0.2) is 22.5 Å². The molecule has 0 N–H and O–H groups in total. The number of ketones is 1. The number of aromatic nitrogens is 2. The van der Waals surface area contributed by atoms with Gasteiger partial charge in [-0.15, -0.1) is 0 Å². The minimum absolute atomic E-state index is 0.122. The molecule has 1 heterocycles. The number of ether oxygens (including phenoxy) is 1. The smallest absolute Gasteiger partial charge is 0.237 e. The lowest BCUT2D eigenvalue weighted by atomic mass is 9.99. The van der Waals surface area contributed by atoms with Gasteiger partial charge >= 0.3 is 0 Å². The lowest BCUT2D eigenvalue weighted by Gasteiger charge is -2.11. The molecule has 1 aromatic rings. The maximum atomic E-state index is 12.1. The first-order chi connectivity index (χ1) is 9.76. The van der Waals surface area contributed by atoms with Crippen LogP contribution in [0, 0.1) is 0 Å². The SMILES string of the molecule is CCCC(OCC)c1noc(C2CCCCCC2=O)n1. The fourth-order valence-electron chi connectivity index (χ4n) is 2.69. The second-order valence-electron chi connectivity index (χ2n) is 5.34. The molecular formula is C15H24N2O3. The van der Waals surface area contributed by atoms with Crippen LogP contribution in [-0.2, 0) is 9.53 Å². The summed E-state index contributed by atoms with van der Waals surface area (Å²) in [4.78, 5) is 16.5. The molecule has 112 valence electrons. The van der Waals surface area contributed by atoms with Gasteiger partial charge in [-0.05, 0) is 26.2 Å². The van der Waals surface area contributed by atoms with Gasteiger partial charge in [-0.25, -0.2) is 0 Å². The molecule has 1 aromatic heterocycles. The Morgan fingerprint density at radius 2 is 2.20 bits per heavy atom. The minimum Gasteiger partial charge on any atom is -0.370 e. The maximum absolute atomic E-state index is 12.1. The van der Waals surface area contributed by atoms with Crippen molar-refractivity contribution < 1.29 is 14.1 Å². The topological polar surface area (TPSA) is 65.2 Å². The van der Waals surface area contributed by atoms with E-state index in [0.29, 0.717) is 24.7 Å². The lowest BCUT2D eigenvalue weighted by Crippen LogP contribution is -2.11. The van der Waals surface area contributed by atoms with E-state index in [9.17, 15) is 4.79 Å². The first-order valence-electron chi connectivity index (χ1n) is 7.74. The van der Waals surface area contributed by atoms with Gasteiger partial charge in [-0.1, -0.05) is 31.3 Å². The molecule has 0 aliphatic heterocycles. The van der Waals surface area contributed by atoms with E-state index >= 15 is 0 Å². The highest BCUT2D eigenvalue weighted by molar-refractivity contribution is 5.84. The van der Waals surface area contributed by atoms with Gasteiger partial charge in [-0.2, -0.15) is 4.98 Å². The summed E-state index contributed by atoms with van der Waals surface area (Å²) in [7, 11) is 0. The first kappa shape index (κ1) is 15.2.